The molecule has 296 valence electrons. The summed E-state index contributed by atoms with van der Waals surface area (Å²) >= 11 is 1.08. The maximum absolute atomic E-state index is 13.3. The second-order valence-electron chi connectivity index (χ2n) is 10.8. The summed E-state index contributed by atoms with van der Waals surface area (Å²) < 4.78 is 10.3. The van der Waals surface area contributed by atoms with Crippen LogP contribution in [-0.4, -0.2) is 141 Å². The van der Waals surface area contributed by atoms with Crippen molar-refractivity contribution >= 4 is 83.0 Å². The third kappa shape index (κ3) is 18.6. The number of ether oxygens (including phenoxy) is 2. The number of aliphatic hydroxyl groups excluding tert-OH is 1. The first-order valence-corrected chi connectivity index (χ1v) is 17.4. The predicted molar refractivity (Wildman–Crippen MR) is 174 cm³/mol. The van der Waals surface area contributed by atoms with E-state index in [4.69, 9.17) is 31.2 Å². The van der Waals surface area contributed by atoms with Gasteiger partial charge in [-0.3, -0.25) is 28.8 Å². The minimum Gasteiger partial charge on any atom is -0.548 e. The second-order valence-corrected chi connectivity index (χ2v) is 12.9. The zero-order valence-electron chi connectivity index (χ0n) is 29.9. The zero-order chi connectivity index (χ0) is 40.5. The topological polar surface area (TPSA) is 396 Å². The summed E-state index contributed by atoms with van der Waals surface area (Å²) in [6.07, 6.45) is -1.66. The first kappa shape index (κ1) is 54.0. The van der Waals surface area contributed by atoms with Crippen LogP contribution in [0.3, 0.4) is 0 Å². The Morgan fingerprint density at radius 2 is 1.25 bits per heavy atom. The summed E-state index contributed by atoms with van der Waals surface area (Å²) in [5.41, 5.74) is 8.32. The van der Waals surface area contributed by atoms with Crippen LogP contribution in [0, 0.1) is 0 Å². The second kappa shape index (κ2) is 26.7. The van der Waals surface area contributed by atoms with E-state index in [2.05, 4.69) is 10.6 Å². The van der Waals surface area contributed by atoms with E-state index >= 15 is 0 Å². The number of hydrogen-bond acceptors (Lipinski definition) is 19. The van der Waals surface area contributed by atoms with Crippen LogP contribution in [0.4, 0.5) is 0 Å². The van der Waals surface area contributed by atoms with E-state index in [-0.39, 0.29) is 78.6 Å². The third-order valence-electron chi connectivity index (χ3n) is 6.75. The Labute approximate surface area is 365 Å². The Balaban J connectivity index is 0. The van der Waals surface area contributed by atoms with Gasteiger partial charge in [-0.25, -0.2) is 9.59 Å². The van der Waals surface area contributed by atoms with E-state index in [1.165, 1.54) is 6.92 Å². The van der Waals surface area contributed by atoms with Crippen molar-refractivity contribution in [3.05, 3.63) is 10.7 Å². The summed E-state index contributed by atoms with van der Waals surface area (Å²) in [6, 6.07) is -6.03. The Morgan fingerprint density at radius 3 is 1.65 bits per heavy atom. The number of aliphatic carboxylic acids is 4. The molecule has 1 aliphatic heterocycles. The largest absolute Gasteiger partial charge is 1.00 e. The molecule has 1 heterocycles. The fourth-order valence-electron chi connectivity index (χ4n) is 4.03. The number of cyclic esters (lactones) is 1. The molecule has 0 saturated carbocycles. The molecule has 23 nitrogen and oxygen atoms in total. The number of carbonyl (C=O) groups excluding carboxylic acids is 8. The van der Waals surface area contributed by atoms with Crippen molar-refractivity contribution in [2.24, 2.45) is 11.5 Å². The van der Waals surface area contributed by atoms with Crippen molar-refractivity contribution in [2.75, 3.05) is 37.0 Å². The van der Waals surface area contributed by atoms with Gasteiger partial charge in [0.25, 0.3) is 5.60 Å². The molecule has 0 aliphatic carbocycles. The fourth-order valence-corrected chi connectivity index (χ4v) is 6.54. The van der Waals surface area contributed by atoms with Gasteiger partial charge in [-0.05, 0) is 19.8 Å². The predicted octanol–water partition coefficient (Wildman–Crippen LogP) is -12.8. The molecule has 27 heteroatoms. The number of amides is 4. The fraction of sp³-hybridized carbons (Fsp3) is 0.571. The summed E-state index contributed by atoms with van der Waals surface area (Å²) in [4.78, 5) is 120. The summed E-state index contributed by atoms with van der Waals surface area (Å²) in [7, 11) is 0. The average Bonchev–Trinajstić information content (AvgIpc) is 3.33. The van der Waals surface area contributed by atoms with E-state index < -0.39 is 143 Å². The summed E-state index contributed by atoms with van der Waals surface area (Å²) in [6.45, 7) is -0.868. The van der Waals surface area contributed by atoms with Gasteiger partial charge in [0.15, 0.2) is 0 Å². The Morgan fingerprint density at radius 1 is 0.818 bits per heavy atom. The maximum Gasteiger partial charge on any atom is 1.00 e. The molecule has 0 radical (unpaired) electrons. The maximum atomic E-state index is 13.3. The SMILES string of the molecule is CCOC(=O)C1(CSCC(NC(=O)CCC(N)C(=O)O)C(=O)NCC(=O)[O-])OC(=O)C(O)=C1SCC(NC(=O)CCC(N)C(=O)O)C(=O)NCC(=O)[O-].[Na+].[Na+]. The molecule has 4 amide bonds. The minimum absolute atomic E-state index is 0. The molecule has 5 atom stereocenters. The first-order valence-electron chi connectivity index (χ1n) is 15.3. The number of carboxylic acid groups (broad SMARTS) is 4. The molecule has 1 aliphatic rings. The van der Waals surface area contributed by atoms with E-state index in [0.717, 1.165) is 0 Å². The van der Waals surface area contributed by atoms with Crippen LogP contribution in [0.15, 0.2) is 10.7 Å². The smallest absolute Gasteiger partial charge is 0.548 e. The standard InChI is InChI=1S/C28H40N6O17S2.2Na/c1-2-50-27(49)28(11-52-9-14(22(42)31-7-18(37)38)33-16(35)5-3-12(29)24(44)45)21(20(41)26(48)51-28)53-10-15(23(43)32-8-19(39)40)34-17(36)6-4-13(30)25(46)47;;/h12-15,41H,2-11,29-30H2,1H3,(H,31,42)(H,32,43)(H,33,35)(H,34,36)(H,37,38)(H,39,40)(H,44,45)(H,46,47);;/q;2*+1/p-2. The molecule has 0 saturated heterocycles. The average molecular weight is 841 g/mol. The van der Waals surface area contributed by atoms with Gasteiger partial charge in [-0.1, -0.05) is 0 Å². The zero-order valence-corrected chi connectivity index (χ0v) is 35.5. The van der Waals surface area contributed by atoms with E-state index in [9.17, 15) is 63.3 Å². The number of thioether (sulfide) groups is 2. The Hall–Kier alpha value is -3.14. The normalized spacial score (nSPS) is 16.7. The molecular formula is C28H38N6Na2O17S2. The number of rotatable bonds is 25. The van der Waals surface area contributed by atoms with Crippen molar-refractivity contribution in [3.8, 4) is 0 Å². The van der Waals surface area contributed by atoms with Crippen molar-refractivity contribution in [3.63, 3.8) is 0 Å². The number of aliphatic hydroxyl groups is 1. The summed E-state index contributed by atoms with van der Waals surface area (Å²) in [5, 5.41) is 58.9. The van der Waals surface area contributed by atoms with Crippen LogP contribution in [0.1, 0.15) is 32.6 Å². The minimum atomic E-state index is -2.47. The monoisotopic (exact) mass is 840 g/mol. The number of nitrogens with two attached hydrogens (primary N) is 2. The molecule has 0 bridgehead atoms. The Bertz CT molecular complexity index is 1490. The van der Waals surface area contributed by atoms with Crippen LogP contribution in [-0.2, 0) is 57.4 Å². The van der Waals surface area contributed by atoms with Gasteiger partial charge in [-0.2, -0.15) is 11.8 Å². The number of carboxylic acids is 4. The van der Waals surface area contributed by atoms with Crippen LogP contribution in [0.25, 0.3) is 0 Å². The van der Waals surface area contributed by atoms with E-state index in [1.807, 2.05) is 10.6 Å². The number of carbonyl (C=O) groups is 10. The molecule has 0 aromatic heterocycles. The van der Waals surface area contributed by atoms with Crippen LogP contribution >= 0.6 is 23.5 Å². The van der Waals surface area contributed by atoms with Crippen LogP contribution in [0.2, 0.25) is 0 Å². The molecule has 0 aromatic carbocycles. The molecule has 0 spiro atoms. The molecule has 0 aromatic rings. The van der Waals surface area contributed by atoms with Gasteiger partial charge in [0.2, 0.25) is 29.4 Å². The van der Waals surface area contributed by atoms with Crippen LogP contribution < -0.4 is 102 Å². The first-order chi connectivity index (χ1) is 24.7. The number of hydrogen-bond donors (Lipinski definition) is 9. The van der Waals surface area contributed by atoms with Crippen molar-refractivity contribution in [1.29, 1.82) is 0 Å². The molecule has 11 N–H and O–H groups in total. The van der Waals surface area contributed by atoms with Gasteiger partial charge < -0.3 is 77.3 Å². The van der Waals surface area contributed by atoms with E-state index in [1.54, 1.807) is 0 Å². The molecule has 5 unspecified atom stereocenters. The quantitative estimate of drug-likeness (QED) is 0.0304. The van der Waals surface area contributed by atoms with Crippen molar-refractivity contribution < 1.29 is 142 Å². The van der Waals surface area contributed by atoms with Crippen LogP contribution in [0.5, 0.6) is 0 Å². The van der Waals surface area contributed by atoms with Gasteiger partial charge in [-0.15, -0.1) is 11.8 Å². The molecular weight excluding hydrogens is 802 g/mol. The molecule has 1 rings (SSSR count). The van der Waals surface area contributed by atoms with Crippen molar-refractivity contribution in [2.45, 2.75) is 62.4 Å². The Kier molecular flexibility index (Phi) is 26.2. The third-order valence-corrected chi connectivity index (χ3v) is 9.24. The number of nitrogens with one attached hydrogen (secondary N) is 4. The molecule has 55 heavy (non-hydrogen) atoms. The van der Waals surface area contributed by atoms with E-state index in [0.29, 0.717) is 23.5 Å². The van der Waals surface area contributed by atoms with Gasteiger partial charge in [0.05, 0.1) is 36.5 Å². The number of esters is 2. The van der Waals surface area contributed by atoms with Gasteiger partial charge in [0, 0.05) is 30.1 Å². The summed E-state index contributed by atoms with van der Waals surface area (Å²) in [5.74, 6) is -15.7. The van der Waals surface area contributed by atoms with Crippen molar-refractivity contribution in [1.82, 2.24) is 21.3 Å². The molecule has 0 fully saturated rings. The van der Waals surface area contributed by atoms with Gasteiger partial charge >= 0.3 is 83.0 Å². The van der Waals surface area contributed by atoms with Gasteiger partial charge in [0.1, 0.15) is 24.2 Å².